The number of carboxylic acids is 1. The second-order valence-corrected chi connectivity index (χ2v) is 4.67. The Labute approximate surface area is 116 Å². The van der Waals surface area contributed by atoms with E-state index in [9.17, 15) is 9.59 Å². The number of fused-ring (bicyclic) bond motifs is 1. The fraction of sp³-hybridized carbons (Fsp3) is 0.357. The number of nitrogens with zero attached hydrogens (tertiary/aromatic N) is 2. The molecule has 2 rings (SSSR count). The van der Waals surface area contributed by atoms with Crippen molar-refractivity contribution in [3.8, 4) is 0 Å². The third-order valence-electron chi connectivity index (χ3n) is 3.27. The molecular formula is C14H17N3O3. The quantitative estimate of drug-likeness (QED) is 0.872. The summed E-state index contributed by atoms with van der Waals surface area (Å²) >= 11 is 0. The lowest BCUT2D eigenvalue weighted by molar-refractivity contribution is -0.138. The second kappa shape index (κ2) is 5.73. The normalized spacial score (nSPS) is 12.3. The monoisotopic (exact) mass is 275 g/mol. The topological polar surface area (TPSA) is 86.3 Å². The van der Waals surface area contributed by atoms with E-state index < -0.39 is 5.97 Å². The summed E-state index contributed by atoms with van der Waals surface area (Å²) in [7, 11) is 0. The van der Waals surface area contributed by atoms with Crippen LogP contribution in [0, 0.1) is 0 Å². The maximum atomic E-state index is 12.5. The van der Waals surface area contributed by atoms with Gasteiger partial charge in [0.25, 0.3) is 5.91 Å². The highest BCUT2D eigenvalue weighted by molar-refractivity contribution is 5.97. The van der Waals surface area contributed by atoms with Crippen LogP contribution in [0.4, 0.5) is 0 Å². The zero-order chi connectivity index (χ0) is 14.7. The first kappa shape index (κ1) is 14.0. The van der Waals surface area contributed by atoms with Crippen molar-refractivity contribution in [1.29, 1.82) is 0 Å². The molecular weight excluding hydrogens is 258 g/mol. The van der Waals surface area contributed by atoms with E-state index in [0.717, 1.165) is 11.0 Å². The summed E-state index contributed by atoms with van der Waals surface area (Å²) in [5, 5.41) is 8.84. The van der Waals surface area contributed by atoms with E-state index >= 15 is 0 Å². The Balaban J connectivity index is 2.24. The molecule has 0 saturated carbocycles. The largest absolute Gasteiger partial charge is 0.481 e. The van der Waals surface area contributed by atoms with Crippen molar-refractivity contribution in [1.82, 2.24) is 14.9 Å². The average Bonchev–Trinajstić information content (AvgIpc) is 2.85. The number of hydrogen-bond donors (Lipinski definition) is 2. The van der Waals surface area contributed by atoms with E-state index in [2.05, 4.69) is 9.97 Å². The molecule has 20 heavy (non-hydrogen) atoms. The van der Waals surface area contributed by atoms with Gasteiger partial charge in [-0.25, -0.2) is 4.98 Å². The number of H-pyrrole nitrogens is 1. The predicted molar refractivity (Wildman–Crippen MR) is 74.5 cm³/mol. The number of amides is 1. The van der Waals surface area contributed by atoms with Crippen molar-refractivity contribution >= 4 is 22.9 Å². The molecule has 0 bridgehead atoms. The molecule has 1 unspecified atom stereocenters. The maximum absolute atomic E-state index is 12.5. The van der Waals surface area contributed by atoms with E-state index in [1.165, 1.54) is 0 Å². The molecule has 0 spiro atoms. The van der Waals surface area contributed by atoms with Crippen LogP contribution in [0.2, 0.25) is 0 Å². The molecule has 1 aromatic heterocycles. The molecule has 0 aliphatic heterocycles. The molecule has 1 atom stereocenters. The molecule has 1 amide bonds. The smallest absolute Gasteiger partial charge is 0.305 e. The number of benzene rings is 1. The number of rotatable bonds is 5. The predicted octanol–water partition coefficient (Wildman–Crippen LogP) is 1.89. The van der Waals surface area contributed by atoms with Gasteiger partial charge < -0.3 is 15.0 Å². The molecule has 0 radical (unpaired) electrons. The van der Waals surface area contributed by atoms with Crippen LogP contribution >= 0.6 is 0 Å². The lowest BCUT2D eigenvalue weighted by Crippen LogP contribution is -2.39. The summed E-state index contributed by atoms with van der Waals surface area (Å²) in [4.78, 5) is 31.9. The van der Waals surface area contributed by atoms with Gasteiger partial charge in [-0.1, -0.05) is 0 Å². The second-order valence-electron chi connectivity index (χ2n) is 4.67. The summed E-state index contributed by atoms with van der Waals surface area (Å²) < 4.78 is 0. The van der Waals surface area contributed by atoms with Crippen molar-refractivity contribution < 1.29 is 14.7 Å². The van der Waals surface area contributed by atoms with Crippen molar-refractivity contribution in [2.75, 3.05) is 6.54 Å². The van der Waals surface area contributed by atoms with Gasteiger partial charge in [-0.2, -0.15) is 0 Å². The van der Waals surface area contributed by atoms with E-state index in [-0.39, 0.29) is 18.4 Å². The molecule has 1 aromatic carbocycles. The first-order valence-corrected chi connectivity index (χ1v) is 6.48. The summed E-state index contributed by atoms with van der Waals surface area (Å²) in [5.41, 5.74) is 2.11. The number of carboxylic acid groups (broad SMARTS) is 1. The van der Waals surface area contributed by atoms with Crippen molar-refractivity contribution in [2.45, 2.75) is 26.3 Å². The zero-order valence-corrected chi connectivity index (χ0v) is 11.5. The van der Waals surface area contributed by atoms with Crippen molar-refractivity contribution in [3.63, 3.8) is 0 Å². The lowest BCUT2D eigenvalue weighted by Gasteiger charge is -2.27. The number of carbonyl (C=O) groups excluding carboxylic acids is 1. The van der Waals surface area contributed by atoms with Crippen LogP contribution in [0.15, 0.2) is 24.5 Å². The Kier molecular flexibility index (Phi) is 4.02. The maximum Gasteiger partial charge on any atom is 0.305 e. The molecule has 0 saturated heterocycles. The summed E-state index contributed by atoms with van der Waals surface area (Å²) in [6.07, 6.45) is 1.51. The van der Waals surface area contributed by atoms with Gasteiger partial charge in [-0.3, -0.25) is 9.59 Å². The molecule has 6 nitrogen and oxygen atoms in total. The van der Waals surface area contributed by atoms with Crippen LogP contribution in [0.3, 0.4) is 0 Å². The van der Waals surface area contributed by atoms with Gasteiger partial charge in [0.1, 0.15) is 0 Å². The van der Waals surface area contributed by atoms with E-state index in [4.69, 9.17) is 5.11 Å². The lowest BCUT2D eigenvalue weighted by atomic mass is 10.1. The number of hydrogen-bond acceptors (Lipinski definition) is 3. The summed E-state index contributed by atoms with van der Waals surface area (Å²) in [5.74, 6) is -1.08. The molecule has 0 aliphatic carbocycles. The number of imidazole rings is 1. The van der Waals surface area contributed by atoms with Gasteiger partial charge in [0.05, 0.1) is 23.8 Å². The van der Waals surface area contributed by atoms with Crippen LogP contribution in [0.5, 0.6) is 0 Å². The van der Waals surface area contributed by atoms with Gasteiger partial charge in [-0.15, -0.1) is 0 Å². The molecule has 1 heterocycles. The van der Waals surface area contributed by atoms with Crippen LogP contribution in [-0.2, 0) is 4.79 Å². The standard InChI is InChI=1S/C14H17N3O3/c1-3-17(9(2)6-13(18)19)14(20)10-4-5-11-12(7-10)16-8-15-11/h4-5,7-9H,3,6H2,1-2H3,(H,15,16)(H,18,19). The Bertz CT molecular complexity index is 635. The van der Waals surface area contributed by atoms with Crippen LogP contribution < -0.4 is 0 Å². The molecule has 6 heteroatoms. The van der Waals surface area contributed by atoms with Crippen molar-refractivity contribution in [2.24, 2.45) is 0 Å². The average molecular weight is 275 g/mol. The Morgan fingerprint density at radius 3 is 2.85 bits per heavy atom. The number of aromatic amines is 1. The minimum Gasteiger partial charge on any atom is -0.481 e. The summed E-state index contributed by atoms with van der Waals surface area (Å²) in [6, 6.07) is 4.87. The summed E-state index contributed by atoms with van der Waals surface area (Å²) in [6.45, 7) is 4.05. The molecule has 0 aliphatic rings. The van der Waals surface area contributed by atoms with Gasteiger partial charge in [-0.05, 0) is 32.0 Å². The number of aliphatic carboxylic acids is 1. The molecule has 0 fully saturated rings. The Hall–Kier alpha value is -2.37. The SMILES string of the molecule is CCN(C(=O)c1ccc2nc[nH]c2c1)C(C)CC(=O)O. The van der Waals surface area contributed by atoms with Crippen LogP contribution in [0.25, 0.3) is 11.0 Å². The van der Waals surface area contributed by atoms with Gasteiger partial charge >= 0.3 is 5.97 Å². The van der Waals surface area contributed by atoms with E-state index in [1.807, 2.05) is 6.92 Å². The minimum absolute atomic E-state index is 0.0636. The fourth-order valence-corrected chi connectivity index (χ4v) is 2.25. The third-order valence-corrected chi connectivity index (χ3v) is 3.27. The van der Waals surface area contributed by atoms with E-state index in [1.54, 1.807) is 36.4 Å². The van der Waals surface area contributed by atoms with E-state index in [0.29, 0.717) is 12.1 Å². The van der Waals surface area contributed by atoms with Gasteiger partial charge in [0, 0.05) is 18.2 Å². The van der Waals surface area contributed by atoms with Gasteiger partial charge in [0.15, 0.2) is 0 Å². The Morgan fingerprint density at radius 2 is 2.20 bits per heavy atom. The molecule has 2 N–H and O–H groups in total. The first-order valence-electron chi connectivity index (χ1n) is 6.48. The number of nitrogens with one attached hydrogen (secondary N) is 1. The highest BCUT2D eigenvalue weighted by Crippen LogP contribution is 2.15. The number of carbonyl (C=O) groups is 2. The Morgan fingerprint density at radius 1 is 1.45 bits per heavy atom. The highest BCUT2D eigenvalue weighted by Gasteiger charge is 2.22. The highest BCUT2D eigenvalue weighted by atomic mass is 16.4. The number of aromatic nitrogens is 2. The zero-order valence-electron chi connectivity index (χ0n) is 11.5. The fourth-order valence-electron chi connectivity index (χ4n) is 2.25. The first-order chi connectivity index (χ1) is 9.52. The van der Waals surface area contributed by atoms with Crippen LogP contribution in [0.1, 0.15) is 30.6 Å². The minimum atomic E-state index is -0.909. The third kappa shape index (κ3) is 2.79. The van der Waals surface area contributed by atoms with Gasteiger partial charge in [0.2, 0.25) is 0 Å². The molecule has 2 aromatic rings. The molecule has 106 valence electrons. The van der Waals surface area contributed by atoms with Crippen molar-refractivity contribution in [3.05, 3.63) is 30.1 Å². The van der Waals surface area contributed by atoms with Crippen LogP contribution in [-0.4, -0.2) is 44.4 Å².